The predicted molar refractivity (Wildman–Crippen MR) is 77.0 cm³/mol. The third kappa shape index (κ3) is 3.89. The van der Waals surface area contributed by atoms with E-state index in [4.69, 9.17) is 23.2 Å². The second-order valence-corrected chi connectivity index (χ2v) is 6.00. The number of hydrogen-bond donors (Lipinski definition) is 1. The second-order valence-electron chi connectivity index (χ2n) is 4.03. The van der Waals surface area contributed by atoms with Crippen molar-refractivity contribution in [2.75, 3.05) is 0 Å². The zero-order chi connectivity index (χ0) is 13.8. The maximum Gasteiger partial charge on any atom is 0.282 e. The van der Waals surface area contributed by atoms with Crippen molar-refractivity contribution >= 4 is 40.4 Å². The summed E-state index contributed by atoms with van der Waals surface area (Å²) in [7, 11) is 0. The second kappa shape index (κ2) is 6.32. The van der Waals surface area contributed by atoms with Crippen molar-refractivity contribution in [2.45, 2.75) is 19.4 Å². The van der Waals surface area contributed by atoms with Gasteiger partial charge in [-0.15, -0.1) is 10.2 Å². The van der Waals surface area contributed by atoms with E-state index in [1.165, 1.54) is 0 Å². The topological polar surface area (TPSA) is 54.9 Å². The van der Waals surface area contributed by atoms with Crippen LogP contribution in [-0.4, -0.2) is 22.1 Å². The van der Waals surface area contributed by atoms with Gasteiger partial charge in [-0.2, -0.15) is 0 Å². The number of halogens is 2. The van der Waals surface area contributed by atoms with Gasteiger partial charge in [-0.3, -0.25) is 4.79 Å². The number of carbonyl (C=O) groups excluding carboxylic acids is 1. The molecule has 0 spiro atoms. The molecule has 0 saturated heterocycles. The van der Waals surface area contributed by atoms with Crippen molar-refractivity contribution in [3.05, 3.63) is 44.3 Å². The molecule has 1 unspecified atom stereocenters. The van der Waals surface area contributed by atoms with E-state index in [1.54, 1.807) is 0 Å². The first-order chi connectivity index (χ1) is 9.06. The quantitative estimate of drug-likeness (QED) is 0.942. The largest absolute Gasteiger partial charge is 0.347 e. The highest BCUT2D eigenvalue weighted by Gasteiger charge is 2.15. The van der Waals surface area contributed by atoms with Crippen LogP contribution in [0.4, 0.5) is 0 Å². The molecular formula is C12H11Cl2N3OS. The Morgan fingerprint density at radius 1 is 1.37 bits per heavy atom. The number of aromatic nitrogens is 2. The Labute approximate surface area is 124 Å². The third-order valence-corrected chi connectivity index (χ3v) is 3.84. The molecule has 2 rings (SSSR count). The zero-order valence-electron chi connectivity index (χ0n) is 10.1. The van der Waals surface area contributed by atoms with E-state index in [2.05, 4.69) is 15.5 Å². The van der Waals surface area contributed by atoms with Gasteiger partial charge in [0.15, 0.2) is 0 Å². The molecule has 1 aromatic carbocycles. The molecule has 0 aliphatic carbocycles. The van der Waals surface area contributed by atoms with Gasteiger partial charge in [-0.05, 0) is 36.6 Å². The fraction of sp³-hybridized carbons (Fsp3) is 0.250. The molecule has 0 saturated carbocycles. The molecule has 2 aromatic rings. The standard InChI is InChI=1S/C12H11Cl2N3OS/c1-7(6-8-4-2-3-5-9(8)13)15-10(18)11-16-17-12(14)19-11/h2-5,7H,6H2,1H3,(H,15,18). The number of benzene rings is 1. The van der Waals surface area contributed by atoms with E-state index >= 15 is 0 Å². The number of amides is 1. The summed E-state index contributed by atoms with van der Waals surface area (Å²) in [5.74, 6) is -0.274. The van der Waals surface area contributed by atoms with Crippen LogP contribution >= 0.6 is 34.5 Å². The average molecular weight is 316 g/mol. The molecule has 0 aliphatic rings. The van der Waals surface area contributed by atoms with E-state index in [9.17, 15) is 4.79 Å². The first kappa shape index (κ1) is 14.2. The lowest BCUT2D eigenvalue weighted by Crippen LogP contribution is -2.34. The first-order valence-electron chi connectivity index (χ1n) is 5.59. The van der Waals surface area contributed by atoms with E-state index < -0.39 is 0 Å². The van der Waals surface area contributed by atoms with Crippen LogP contribution in [0.2, 0.25) is 9.49 Å². The summed E-state index contributed by atoms with van der Waals surface area (Å²) in [6, 6.07) is 7.50. The summed E-state index contributed by atoms with van der Waals surface area (Å²) < 4.78 is 0.254. The molecule has 1 atom stereocenters. The molecular weight excluding hydrogens is 305 g/mol. The lowest BCUT2D eigenvalue weighted by molar-refractivity contribution is 0.0939. The number of nitrogens with zero attached hydrogens (tertiary/aromatic N) is 2. The Hall–Kier alpha value is -1.17. The Bertz CT molecular complexity index is 588. The van der Waals surface area contributed by atoms with E-state index in [1.807, 2.05) is 31.2 Å². The number of hydrogen-bond acceptors (Lipinski definition) is 4. The zero-order valence-corrected chi connectivity index (χ0v) is 12.4. The van der Waals surface area contributed by atoms with Crippen molar-refractivity contribution in [1.82, 2.24) is 15.5 Å². The molecule has 1 heterocycles. The van der Waals surface area contributed by atoms with Crippen LogP contribution in [0.3, 0.4) is 0 Å². The van der Waals surface area contributed by atoms with Crippen molar-refractivity contribution in [3.63, 3.8) is 0 Å². The molecule has 100 valence electrons. The average Bonchev–Trinajstić information content (AvgIpc) is 2.79. The first-order valence-corrected chi connectivity index (χ1v) is 7.17. The van der Waals surface area contributed by atoms with Gasteiger partial charge in [-0.25, -0.2) is 0 Å². The summed E-state index contributed by atoms with van der Waals surface area (Å²) >= 11 is 12.8. The van der Waals surface area contributed by atoms with E-state index in [0.29, 0.717) is 11.4 Å². The fourth-order valence-electron chi connectivity index (χ4n) is 1.63. The highest BCUT2D eigenvalue weighted by atomic mass is 35.5. The lowest BCUT2D eigenvalue weighted by Gasteiger charge is -2.13. The summed E-state index contributed by atoms with van der Waals surface area (Å²) in [4.78, 5) is 11.8. The van der Waals surface area contributed by atoms with Crippen LogP contribution in [0, 0.1) is 0 Å². The molecule has 1 amide bonds. The Morgan fingerprint density at radius 2 is 2.11 bits per heavy atom. The molecule has 4 nitrogen and oxygen atoms in total. The third-order valence-electron chi connectivity index (χ3n) is 2.46. The summed E-state index contributed by atoms with van der Waals surface area (Å²) in [6.07, 6.45) is 0.651. The smallest absolute Gasteiger partial charge is 0.282 e. The molecule has 7 heteroatoms. The number of nitrogens with one attached hydrogen (secondary N) is 1. The number of carbonyl (C=O) groups is 1. The van der Waals surface area contributed by atoms with Crippen molar-refractivity contribution < 1.29 is 4.79 Å². The van der Waals surface area contributed by atoms with Gasteiger partial charge >= 0.3 is 0 Å². The molecule has 0 aliphatic heterocycles. The molecule has 19 heavy (non-hydrogen) atoms. The predicted octanol–water partition coefficient (Wildman–Crippen LogP) is 3.21. The van der Waals surface area contributed by atoms with Crippen LogP contribution in [0.15, 0.2) is 24.3 Å². The highest BCUT2D eigenvalue weighted by Crippen LogP contribution is 2.17. The van der Waals surface area contributed by atoms with Crippen LogP contribution in [-0.2, 0) is 6.42 Å². The summed E-state index contributed by atoms with van der Waals surface area (Å²) in [5.41, 5.74) is 0.993. The van der Waals surface area contributed by atoms with Crippen molar-refractivity contribution in [1.29, 1.82) is 0 Å². The Morgan fingerprint density at radius 3 is 2.74 bits per heavy atom. The van der Waals surface area contributed by atoms with Gasteiger partial charge in [0, 0.05) is 11.1 Å². The molecule has 0 radical (unpaired) electrons. The minimum absolute atomic E-state index is 0.0601. The molecule has 1 aromatic heterocycles. The summed E-state index contributed by atoms with van der Waals surface area (Å²) in [6.45, 7) is 1.91. The van der Waals surface area contributed by atoms with Crippen molar-refractivity contribution in [2.24, 2.45) is 0 Å². The molecule has 1 N–H and O–H groups in total. The van der Waals surface area contributed by atoms with Crippen LogP contribution in [0.25, 0.3) is 0 Å². The minimum atomic E-state index is -0.274. The molecule has 0 bridgehead atoms. The van der Waals surface area contributed by atoms with Crippen LogP contribution < -0.4 is 5.32 Å². The van der Waals surface area contributed by atoms with Gasteiger partial charge in [0.1, 0.15) is 0 Å². The number of rotatable bonds is 4. The van der Waals surface area contributed by atoms with Crippen LogP contribution in [0.5, 0.6) is 0 Å². The fourth-order valence-corrected chi connectivity index (χ4v) is 2.57. The van der Waals surface area contributed by atoms with Gasteiger partial charge in [0.05, 0.1) is 0 Å². The van der Waals surface area contributed by atoms with Gasteiger partial charge in [0.25, 0.3) is 5.91 Å². The Kier molecular flexibility index (Phi) is 4.74. The van der Waals surface area contributed by atoms with E-state index in [-0.39, 0.29) is 21.4 Å². The van der Waals surface area contributed by atoms with Crippen molar-refractivity contribution in [3.8, 4) is 0 Å². The van der Waals surface area contributed by atoms with Crippen LogP contribution in [0.1, 0.15) is 22.3 Å². The maximum absolute atomic E-state index is 11.8. The Balaban J connectivity index is 1.96. The molecule has 0 fully saturated rings. The van der Waals surface area contributed by atoms with Gasteiger partial charge in [-0.1, -0.05) is 41.1 Å². The normalized spacial score (nSPS) is 12.2. The SMILES string of the molecule is CC(Cc1ccccc1Cl)NC(=O)c1nnc(Cl)s1. The maximum atomic E-state index is 11.8. The summed E-state index contributed by atoms with van der Waals surface area (Å²) in [5, 5.41) is 11.1. The lowest BCUT2D eigenvalue weighted by atomic mass is 10.1. The van der Waals surface area contributed by atoms with E-state index in [0.717, 1.165) is 16.9 Å². The minimum Gasteiger partial charge on any atom is -0.347 e. The highest BCUT2D eigenvalue weighted by molar-refractivity contribution is 7.17. The monoisotopic (exact) mass is 315 g/mol. The van der Waals surface area contributed by atoms with Gasteiger partial charge in [0.2, 0.25) is 9.47 Å². The van der Waals surface area contributed by atoms with Gasteiger partial charge < -0.3 is 5.32 Å².